The van der Waals surface area contributed by atoms with Gasteiger partial charge in [-0.3, -0.25) is 0 Å². The minimum absolute atomic E-state index is 0.121. The Kier molecular flexibility index (Phi) is 4.88. The van der Waals surface area contributed by atoms with Gasteiger partial charge in [-0.1, -0.05) is 26.7 Å². The quantitative estimate of drug-likeness (QED) is 0.721. The van der Waals surface area contributed by atoms with Crippen LogP contribution in [0.3, 0.4) is 0 Å². The third-order valence-electron chi connectivity index (χ3n) is 4.09. The number of aromatic amines is 1. The zero-order valence-corrected chi connectivity index (χ0v) is 13.1. The number of sulfonamides is 1. The van der Waals surface area contributed by atoms with Crippen LogP contribution in [0.2, 0.25) is 0 Å². The molecule has 0 atom stereocenters. The Hall–Kier alpha value is -0.850. The molecular formula is C14H25N3O2S. The van der Waals surface area contributed by atoms with Gasteiger partial charge in [0.1, 0.15) is 0 Å². The predicted molar refractivity (Wildman–Crippen MR) is 79.9 cm³/mol. The van der Waals surface area contributed by atoms with Crippen LogP contribution in [0.4, 0.5) is 0 Å². The molecule has 0 amide bonds. The fourth-order valence-corrected chi connectivity index (χ4v) is 3.91. The van der Waals surface area contributed by atoms with Crippen LogP contribution < -0.4 is 10.0 Å². The van der Waals surface area contributed by atoms with Crippen molar-refractivity contribution in [3.05, 3.63) is 18.0 Å². The van der Waals surface area contributed by atoms with Gasteiger partial charge in [-0.05, 0) is 30.9 Å². The Morgan fingerprint density at radius 1 is 1.35 bits per heavy atom. The summed E-state index contributed by atoms with van der Waals surface area (Å²) < 4.78 is 27.3. The molecule has 20 heavy (non-hydrogen) atoms. The topological polar surface area (TPSA) is 74.0 Å². The monoisotopic (exact) mass is 299 g/mol. The molecule has 1 heterocycles. The van der Waals surface area contributed by atoms with Gasteiger partial charge in [0.15, 0.2) is 0 Å². The highest BCUT2D eigenvalue weighted by atomic mass is 32.2. The van der Waals surface area contributed by atoms with E-state index in [1.54, 1.807) is 12.3 Å². The average Bonchev–Trinajstić information content (AvgIpc) is 3.04. The van der Waals surface area contributed by atoms with E-state index in [4.69, 9.17) is 0 Å². The van der Waals surface area contributed by atoms with Gasteiger partial charge in [0.25, 0.3) is 0 Å². The van der Waals surface area contributed by atoms with Crippen molar-refractivity contribution in [3.63, 3.8) is 0 Å². The van der Waals surface area contributed by atoms with Gasteiger partial charge >= 0.3 is 0 Å². The van der Waals surface area contributed by atoms with Gasteiger partial charge in [0.05, 0.1) is 4.90 Å². The van der Waals surface area contributed by atoms with Gasteiger partial charge in [-0.25, -0.2) is 13.1 Å². The molecule has 1 aromatic heterocycles. The molecule has 2 rings (SSSR count). The summed E-state index contributed by atoms with van der Waals surface area (Å²) in [5, 5.41) is 3.17. The van der Waals surface area contributed by atoms with Crippen LogP contribution in [0.15, 0.2) is 17.2 Å². The van der Waals surface area contributed by atoms with E-state index in [0.717, 1.165) is 25.1 Å². The van der Waals surface area contributed by atoms with E-state index >= 15 is 0 Å². The van der Waals surface area contributed by atoms with Crippen molar-refractivity contribution < 1.29 is 8.42 Å². The first-order valence-corrected chi connectivity index (χ1v) is 8.81. The van der Waals surface area contributed by atoms with Crippen LogP contribution in [0.5, 0.6) is 0 Å². The number of hydrogen-bond donors (Lipinski definition) is 3. The van der Waals surface area contributed by atoms with Gasteiger partial charge in [0, 0.05) is 25.0 Å². The lowest BCUT2D eigenvalue weighted by Crippen LogP contribution is -2.34. The molecule has 114 valence electrons. The third kappa shape index (κ3) is 3.84. The van der Waals surface area contributed by atoms with E-state index in [1.807, 2.05) is 6.92 Å². The van der Waals surface area contributed by atoms with Crippen LogP contribution in [0.1, 0.15) is 45.2 Å². The number of aromatic nitrogens is 1. The van der Waals surface area contributed by atoms with Crippen LogP contribution in [-0.4, -0.2) is 26.5 Å². The zero-order chi connectivity index (χ0) is 14.6. The molecular weight excluding hydrogens is 274 g/mol. The normalized spacial score (nSPS) is 18.5. The Bertz CT molecular complexity index is 530. The summed E-state index contributed by atoms with van der Waals surface area (Å²) in [6, 6.07) is 1.70. The maximum atomic E-state index is 12.3. The molecule has 1 aromatic rings. The molecule has 1 saturated carbocycles. The Morgan fingerprint density at radius 3 is 2.70 bits per heavy atom. The van der Waals surface area contributed by atoms with Crippen molar-refractivity contribution in [2.24, 2.45) is 5.41 Å². The third-order valence-corrected chi connectivity index (χ3v) is 5.47. The summed E-state index contributed by atoms with van der Waals surface area (Å²) in [6.45, 7) is 6.23. The summed E-state index contributed by atoms with van der Waals surface area (Å²) in [7, 11) is -3.40. The van der Waals surface area contributed by atoms with Crippen LogP contribution in [0, 0.1) is 5.41 Å². The highest BCUT2D eigenvalue weighted by molar-refractivity contribution is 7.89. The van der Waals surface area contributed by atoms with E-state index in [2.05, 4.69) is 21.9 Å². The molecule has 3 N–H and O–H groups in total. The fourth-order valence-electron chi connectivity index (χ4n) is 2.69. The van der Waals surface area contributed by atoms with Gasteiger partial charge < -0.3 is 10.3 Å². The van der Waals surface area contributed by atoms with E-state index in [-0.39, 0.29) is 5.41 Å². The first-order valence-electron chi connectivity index (χ1n) is 7.33. The average molecular weight is 299 g/mol. The first-order chi connectivity index (χ1) is 9.45. The lowest BCUT2D eigenvalue weighted by atomic mass is 9.89. The molecule has 0 aliphatic heterocycles. The van der Waals surface area contributed by atoms with Crippen molar-refractivity contribution in [1.29, 1.82) is 0 Å². The van der Waals surface area contributed by atoms with Gasteiger partial charge in [0.2, 0.25) is 10.0 Å². The molecule has 0 saturated heterocycles. The highest BCUT2D eigenvalue weighted by Crippen LogP contribution is 2.36. The minimum atomic E-state index is -3.40. The molecule has 0 bridgehead atoms. The van der Waals surface area contributed by atoms with Gasteiger partial charge in [-0.15, -0.1) is 0 Å². The Morgan fingerprint density at radius 2 is 2.05 bits per heavy atom. The molecule has 1 aliphatic carbocycles. The Balaban J connectivity index is 1.97. The second kappa shape index (κ2) is 6.28. The molecule has 0 aromatic carbocycles. The molecule has 1 fully saturated rings. The van der Waals surface area contributed by atoms with Crippen molar-refractivity contribution >= 4 is 10.0 Å². The summed E-state index contributed by atoms with van der Waals surface area (Å²) in [4.78, 5) is 3.33. The number of H-pyrrole nitrogens is 1. The lowest BCUT2D eigenvalue weighted by molar-refractivity contribution is 0.336. The van der Waals surface area contributed by atoms with Crippen molar-refractivity contribution in [2.45, 2.75) is 51.0 Å². The standard InChI is InChI=1S/C14H25N3O2S/c1-3-15-9-12-8-13(10-16-12)20(18,19)17-11-14(2)6-4-5-7-14/h8,10,15-17H,3-7,9,11H2,1-2H3. The number of hydrogen-bond acceptors (Lipinski definition) is 3. The molecule has 0 unspecified atom stereocenters. The van der Waals surface area contributed by atoms with E-state index in [9.17, 15) is 8.42 Å². The molecule has 0 radical (unpaired) electrons. The second-order valence-corrected chi connectivity index (χ2v) is 7.75. The molecule has 6 heteroatoms. The van der Waals surface area contributed by atoms with Crippen molar-refractivity contribution in [2.75, 3.05) is 13.1 Å². The molecule has 5 nitrogen and oxygen atoms in total. The largest absolute Gasteiger partial charge is 0.363 e. The van der Waals surface area contributed by atoms with E-state index < -0.39 is 10.0 Å². The second-order valence-electron chi connectivity index (χ2n) is 5.98. The summed E-state index contributed by atoms with van der Waals surface area (Å²) in [5.41, 5.74) is 1.01. The van der Waals surface area contributed by atoms with Crippen LogP contribution in [-0.2, 0) is 16.6 Å². The van der Waals surface area contributed by atoms with Crippen molar-refractivity contribution in [3.8, 4) is 0 Å². The summed E-state index contributed by atoms with van der Waals surface area (Å²) in [5.74, 6) is 0. The minimum Gasteiger partial charge on any atom is -0.363 e. The maximum Gasteiger partial charge on any atom is 0.242 e. The van der Waals surface area contributed by atoms with Crippen LogP contribution in [0.25, 0.3) is 0 Å². The van der Waals surface area contributed by atoms with E-state index in [1.165, 1.54) is 12.8 Å². The van der Waals surface area contributed by atoms with Crippen LogP contribution >= 0.6 is 0 Å². The highest BCUT2D eigenvalue weighted by Gasteiger charge is 2.30. The molecule has 0 spiro atoms. The van der Waals surface area contributed by atoms with E-state index in [0.29, 0.717) is 18.0 Å². The SMILES string of the molecule is CCNCc1cc(S(=O)(=O)NCC2(C)CCCC2)c[nH]1. The number of rotatable bonds is 7. The maximum absolute atomic E-state index is 12.3. The summed E-state index contributed by atoms with van der Waals surface area (Å²) in [6.07, 6.45) is 6.18. The lowest BCUT2D eigenvalue weighted by Gasteiger charge is -2.23. The Labute approximate surface area is 121 Å². The van der Waals surface area contributed by atoms with Gasteiger partial charge in [-0.2, -0.15) is 0 Å². The molecule has 1 aliphatic rings. The van der Waals surface area contributed by atoms with Crippen molar-refractivity contribution in [1.82, 2.24) is 15.0 Å². The number of nitrogens with one attached hydrogen (secondary N) is 3. The fraction of sp³-hybridized carbons (Fsp3) is 0.714. The first kappa shape index (κ1) is 15.5. The smallest absolute Gasteiger partial charge is 0.242 e. The zero-order valence-electron chi connectivity index (χ0n) is 12.3. The summed E-state index contributed by atoms with van der Waals surface area (Å²) >= 11 is 0. The predicted octanol–water partition coefficient (Wildman–Crippen LogP) is 1.98.